The fourth-order valence-electron chi connectivity index (χ4n) is 6.22. The first-order chi connectivity index (χ1) is 19.3. The molecule has 208 valence electrons. The van der Waals surface area contributed by atoms with Crippen molar-refractivity contribution in [2.75, 3.05) is 55.0 Å². The lowest BCUT2D eigenvalue weighted by atomic mass is 9.74. The van der Waals surface area contributed by atoms with Gasteiger partial charge in [-0.25, -0.2) is 0 Å². The number of fused-ring (bicyclic) bond motifs is 1. The minimum Gasteiger partial charge on any atom is -0.497 e. The summed E-state index contributed by atoms with van der Waals surface area (Å²) in [5.41, 5.74) is 4.36. The number of furan rings is 1. The summed E-state index contributed by atoms with van der Waals surface area (Å²) in [6.07, 6.45) is 2.83. The predicted molar refractivity (Wildman–Crippen MR) is 156 cm³/mol. The van der Waals surface area contributed by atoms with Gasteiger partial charge in [-0.05, 0) is 60.4 Å². The highest BCUT2D eigenvalue weighted by Gasteiger charge is 2.43. The van der Waals surface area contributed by atoms with Gasteiger partial charge in [-0.2, -0.15) is 0 Å². The zero-order chi connectivity index (χ0) is 27.9. The van der Waals surface area contributed by atoms with Crippen LogP contribution in [0, 0.1) is 5.41 Å². The molecule has 1 amide bonds. The van der Waals surface area contributed by atoms with Gasteiger partial charge in [0.05, 0.1) is 31.3 Å². The van der Waals surface area contributed by atoms with Gasteiger partial charge in [0.15, 0.2) is 5.78 Å². The molecule has 1 atom stereocenters. The number of hydrogen-bond acceptors (Lipinski definition) is 7. The second-order valence-electron chi connectivity index (χ2n) is 11.6. The van der Waals surface area contributed by atoms with Crippen molar-refractivity contribution in [2.24, 2.45) is 5.41 Å². The number of para-hydroxylation sites is 2. The Morgan fingerprint density at radius 2 is 1.75 bits per heavy atom. The number of nitrogens with one attached hydrogen (secondary N) is 1. The number of carbonyl (C=O) groups is 2. The molecule has 0 saturated carbocycles. The van der Waals surface area contributed by atoms with Crippen molar-refractivity contribution in [3.8, 4) is 5.75 Å². The van der Waals surface area contributed by atoms with E-state index in [-0.39, 0.29) is 23.7 Å². The number of nitrogens with zero attached hydrogens (tertiary/aromatic N) is 3. The summed E-state index contributed by atoms with van der Waals surface area (Å²) < 4.78 is 11.2. The number of methoxy groups -OCH3 is 1. The third-order valence-electron chi connectivity index (χ3n) is 8.19. The van der Waals surface area contributed by atoms with Crippen LogP contribution in [0.4, 0.5) is 17.1 Å². The fourth-order valence-corrected chi connectivity index (χ4v) is 6.22. The molecule has 1 aromatic heterocycles. The van der Waals surface area contributed by atoms with E-state index in [1.54, 1.807) is 13.4 Å². The van der Waals surface area contributed by atoms with Crippen molar-refractivity contribution >= 4 is 28.8 Å². The van der Waals surface area contributed by atoms with Crippen molar-refractivity contribution in [2.45, 2.75) is 32.7 Å². The van der Waals surface area contributed by atoms with Gasteiger partial charge in [0.1, 0.15) is 17.6 Å². The number of allylic oxidation sites excluding steroid dienone is 1. The zero-order valence-corrected chi connectivity index (χ0v) is 23.4. The zero-order valence-electron chi connectivity index (χ0n) is 23.4. The van der Waals surface area contributed by atoms with Crippen LogP contribution in [0.15, 0.2) is 82.6 Å². The first-order valence-corrected chi connectivity index (χ1v) is 13.9. The van der Waals surface area contributed by atoms with Crippen LogP contribution in [0.25, 0.3) is 0 Å². The SMILES string of the molecule is COc1ccc(N2CCN(C(=O)CN3c4ccccc4NC4=C(C(=O)CC(C)(C)C4)C3c3ccco3)CC2)cc1. The highest BCUT2D eigenvalue weighted by atomic mass is 16.5. The van der Waals surface area contributed by atoms with Gasteiger partial charge in [-0.1, -0.05) is 26.0 Å². The van der Waals surface area contributed by atoms with Gasteiger partial charge < -0.3 is 29.2 Å². The van der Waals surface area contributed by atoms with Crippen LogP contribution in [0.3, 0.4) is 0 Å². The van der Waals surface area contributed by atoms with Gasteiger partial charge in [0, 0.05) is 49.6 Å². The molecule has 3 aromatic rings. The minimum absolute atomic E-state index is 0.0355. The number of Topliss-reactive ketones (excluding diaryl/α,β-unsaturated/α-hetero) is 1. The van der Waals surface area contributed by atoms with Crippen LogP contribution < -0.4 is 19.9 Å². The molecule has 3 heterocycles. The molecule has 0 spiro atoms. The summed E-state index contributed by atoms with van der Waals surface area (Å²) in [6.45, 7) is 7.15. The normalized spacial score (nSPS) is 20.4. The standard InChI is InChI=1S/C32H36N4O4/c1-32(2)19-25-30(27(37)20-32)31(28-9-6-18-40-28)36(26-8-5-4-7-24(26)33-25)21-29(38)35-16-14-34(15-17-35)22-10-12-23(39-3)13-11-22/h4-13,18,31,33H,14-17,19-21H2,1-3H3. The molecule has 2 aromatic carbocycles. The van der Waals surface area contributed by atoms with E-state index in [1.165, 1.54) is 0 Å². The van der Waals surface area contributed by atoms with E-state index in [1.807, 2.05) is 53.4 Å². The van der Waals surface area contributed by atoms with E-state index in [2.05, 4.69) is 41.1 Å². The number of hydrogen-bond donors (Lipinski definition) is 1. The van der Waals surface area contributed by atoms with Crippen LogP contribution in [-0.2, 0) is 9.59 Å². The fraction of sp³-hybridized carbons (Fsp3) is 0.375. The molecule has 1 N–H and O–H groups in total. The summed E-state index contributed by atoms with van der Waals surface area (Å²) in [6, 6.07) is 19.3. The Morgan fingerprint density at radius 3 is 2.45 bits per heavy atom. The number of amides is 1. The van der Waals surface area contributed by atoms with Crippen LogP contribution in [0.2, 0.25) is 0 Å². The van der Waals surface area contributed by atoms with Gasteiger partial charge >= 0.3 is 0 Å². The Morgan fingerprint density at radius 1 is 1.00 bits per heavy atom. The maximum Gasteiger partial charge on any atom is 0.242 e. The Bertz CT molecular complexity index is 1420. The smallest absolute Gasteiger partial charge is 0.242 e. The Kier molecular flexibility index (Phi) is 6.78. The summed E-state index contributed by atoms with van der Waals surface area (Å²) >= 11 is 0. The molecular weight excluding hydrogens is 504 g/mol. The Balaban J connectivity index is 1.29. The number of anilines is 3. The van der Waals surface area contributed by atoms with Crippen molar-refractivity contribution < 1.29 is 18.7 Å². The van der Waals surface area contributed by atoms with Crippen LogP contribution in [-0.4, -0.2) is 56.4 Å². The third kappa shape index (κ3) is 4.94. The number of carbonyl (C=O) groups excluding carboxylic acids is 2. The Hall–Kier alpha value is -4.20. The van der Waals surface area contributed by atoms with Gasteiger partial charge in [-0.15, -0.1) is 0 Å². The van der Waals surface area contributed by atoms with Gasteiger partial charge in [0.2, 0.25) is 5.91 Å². The lowest BCUT2D eigenvalue weighted by molar-refractivity contribution is -0.130. The van der Waals surface area contributed by atoms with Crippen molar-refractivity contribution in [1.82, 2.24) is 4.90 Å². The molecule has 0 radical (unpaired) electrons. The maximum absolute atomic E-state index is 13.9. The van der Waals surface area contributed by atoms with Gasteiger partial charge in [-0.3, -0.25) is 9.59 Å². The molecule has 40 heavy (non-hydrogen) atoms. The lowest BCUT2D eigenvalue weighted by Gasteiger charge is -2.39. The molecule has 3 aliphatic rings. The summed E-state index contributed by atoms with van der Waals surface area (Å²) in [5, 5.41) is 3.59. The number of ketones is 1. The van der Waals surface area contributed by atoms with Crippen molar-refractivity contribution in [1.29, 1.82) is 0 Å². The third-order valence-corrected chi connectivity index (χ3v) is 8.19. The quantitative estimate of drug-likeness (QED) is 0.473. The minimum atomic E-state index is -0.491. The first kappa shape index (κ1) is 26.0. The van der Waals surface area contributed by atoms with Gasteiger partial charge in [0.25, 0.3) is 0 Å². The van der Waals surface area contributed by atoms with Crippen molar-refractivity contribution in [3.05, 3.63) is 84.0 Å². The van der Waals surface area contributed by atoms with E-state index in [0.717, 1.165) is 48.0 Å². The van der Waals surface area contributed by atoms with Crippen LogP contribution >= 0.6 is 0 Å². The van der Waals surface area contributed by atoms with Crippen LogP contribution in [0.1, 0.15) is 38.5 Å². The van der Waals surface area contributed by atoms with Crippen LogP contribution in [0.5, 0.6) is 5.75 Å². The summed E-state index contributed by atoms with van der Waals surface area (Å²) in [4.78, 5) is 33.9. The number of benzene rings is 2. The highest BCUT2D eigenvalue weighted by Crippen LogP contribution is 2.48. The maximum atomic E-state index is 13.9. The average Bonchev–Trinajstić information content (AvgIpc) is 3.44. The summed E-state index contributed by atoms with van der Waals surface area (Å²) in [7, 11) is 1.66. The molecule has 2 aliphatic heterocycles. The van der Waals surface area contributed by atoms with E-state index in [9.17, 15) is 9.59 Å². The van der Waals surface area contributed by atoms with Crippen molar-refractivity contribution in [3.63, 3.8) is 0 Å². The van der Waals surface area contributed by atoms with E-state index < -0.39 is 6.04 Å². The second kappa shape index (κ2) is 10.4. The topological polar surface area (TPSA) is 78.3 Å². The molecule has 1 saturated heterocycles. The molecule has 1 aliphatic carbocycles. The highest BCUT2D eigenvalue weighted by molar-refractivity contribution is 6.01. The van der Waals surface area contributed by atoms with E-state index in [4.69, 9.17) is 9.15 Å². The monoisotopic (exact) mass is 540 g/mol. The summed E-state index contributed by atoms with van der Waals surface area (Å²) in [5.74, 6) is 1.62. The number of ether oxygens (including phenoxy) is 1. The molecule has 0 bridgehead atoms. The Labute approximate surface area is 235 Å². The van der Waals surface area contributed by atoms with E-state index in [0.29, 0.717) is 30.8 Å². The predicted octanol–water partition coefficient (Wildman–Crippen LogP) is 5.25. The number of rotatable bonds is 5. The largest absolute Gasteiger partial charge is 0.497 e. The second-order valence-corrected chi connectivity index (χ2v) is 11.6. The van der Waals surface area contributed by atoms with E-state index >= 15 is 0 Å². The molecule has 6 rings (SSSR count). The first-order valence-electron chi connectivity index (χ1n) is 13.9. The molecule has 1 fully saturated rings. The lowest BCUT2D eigenvalue weighted by Crippen LogP contribution is -2.52. The molecule has 8 heteroatoms. The molecular formula is C32H36N4O4. The molecule has 8 nitrogen and oxygen atoms in total. The molecule has 1 unspecified atom stereocenters. The average molecular weight is 541 g/mol. The number of piperazine rings is 1.